The van der Waals surface area contributed by atoms with Gasteiger partial charge in [-0.05, 0) is 43.7 Å². The van der Waals surface area contributed by atoms with E-state index in [1.54, 1.807) is 9.47 Å². The average Bonchev–Trinajstić information content (AvgIpc) is 3.36. The van der Waals surface area contributed by atoms with Crippen molar-refractivity contribution in [2.75, 3.05) is 13.1 Å². The van der Waals surface area contributed by atoms with Gasteiger partial charge in [0.2, 0.25) is 0 Å². The first-order valence-corrected chi connectivity index (χ1v) is 8.27. The van der Waals surface area contributed by atoms with E-state index in [0.29, 0.717) is 25.9 Å². The molecule has 5 nitrogen and oxygen atoms in total. The van der Waals surface area contributed by atoms with Gasteiger partial charge < -0.3 is 9.88 Å². The van der Waals surface area contributed by atoms with E-state index in [1.165, 1.54) is 0 Å². The number of hydrogen-bond acceptors (Lipinski definition) is 2. The highest BCUT2D eigenvalue weighted by Gasteiger charge is 2.39. The minimum Gasteiger partial charge on any atom is -0.340 e. The fraction of sp³-hybridized carbons (Fsp3) is 0.529. The number of nitrogens with zero attached hydrogens (tertiary/aromatic N) is 2. The number of benzene rings is 1. The van der Waals surface area contributed by atoms with Crippen molar-refractivity contribution in [2.45, 2.75) is 37.9 Å². The van der Waals surface area contributed by atoms with Gasteiger partial charge >= 0.3 is 5.69 Å². The number of fused-ring (bicyclic) bond motifs is 1. The lowest BCUT2D eigenvalue weighted by molar-refractivity contribution is -0.138. The molecule has 1 saturated carbocycles. The number of rotatable bonds is 3. The van der Waals surface area contributed by atoms with Crippen LogP contribution in [0.1, 0.15) is 31.7 Å². The Labute approximate surface area is 133 Å². The Morgan fingerprint density at radius 1 is 1.17 bits per heavy atom. The van der Waals surface area contributed by atoms with Crippen molar-refractivity contribution >= 4 is 16.9 Å². The maximum atomic E-state index is 14.0. The highest BCUT2D eigenvalue weighted by Crippen LogP contribution is 2.36. The summed E-state index contributed by atoms with van der Waals surface area (Å²) in [6, 6.07) is 7.67. The summed E-state index contributed by atoms with van der Waals surface area (Å²) < 4.78 is 15.7. The molecule has 4 rings (SSSR count). The lowest BCUT2D eigenvalue weighted by Crippen LogP contribution is -2.44. The Bertz CT molecular complexity index is 784. The summed E-state index contributed by atoms with van der Waals surface area (Å²) in [6.45, 7) is 1.03. The van der Waals surface area contributed by atoms with Gasteiger partial charge in [-0.2, -0.15) is 0 Å². The maximum absolute atomic E-state index is 14.0. The standard InChI is InChI=1S/C17H20FN3O2/c18-15(11-5-6-11)16(22)20-9-7-12(8-10-20)21-14-4-2-1-3-13(14)19-17(21)23/h1-4,11-12,15H,5-10H2,(H,19,23). The van der Waals surface area contributed by atoms with Crippen LogP contribution in [-0.4, -0.2) is 39.6 Å². The van der Waals surface area contributed by atoms with E-state index in [9.17, 15) is 14.0 Å². The molecule has 2 fully saturated rings. The second kappa shape index (κ2) is 5.51. The minimum absolute atomic E-state index is 0.0571. The van der Waals surface area contributed by atoms with Gasteiger partial charge in [-0.1, -0.05) is 12.1 Å². The monoisotopic (exact) mass is 317 g/mol. The fourth-order valence-corrected chi connectivity index (χ4v) is 3.55. The lowest BCUT2D eigenvalue weighted by Gasteiger charge is -2.33. The maximum Gasteiger partial charge on any atom is 0.326 e. The smallest absolute Gasteiger partial charge is 0.326 e. The second-order valence-corrected chi connectivity index (χ2v) is 6.61. The number of nitrogens with one attached hydrogen (secondary N) is 1. The first-order valence-electron chi connectivity index (χ1n) is 8.27. The van der Waals surface area contributed by atoms with Gasteiger partial charge in [0.15, 0.2) is 6.17 Å². The molecule has 1 aromatic carbocycles. The largest absolute Gasteiger partial charge is 0.340 e. The molecule has 1 aromatic heterocycles. The van der Waals surface area contributed by atoms with Crippen LogP contribution in [0.5, 0.6) is 0 Å². The first-order chi connectivity index (χ1) is 11.1. The molecule has 6 heteroatoms. The third kappa shape index (κ3) is 2.56. The predicted molar refractivity (Wildman–Crippen MR) is 85.0 cm³/mol. The van der Waals surface area contributed by atoms with Gasteiger partial charge in [0.05, 0.1) is 11.0 Å². The molecule has 1 saturated heterocycles. The molecule has 2 heterocycles. The van der Waals surface area contributed by atoms with Crippen molar-refractivity contribution < 1.29 is 9.18 Å². The third-order valence-corrected chi connectivity index (χ3v) is 5.04. The summed E-state index contributed by atoms with van der Waals surface area (Å²) >= 11 is 0. The number of hydrogen-bond donors (Lipinski definition) is 1. The van der Waals surface area contributed by atoms with Crippen LogP contribution in [0.15, 0.2) is 29.1 Å². The molecular weight excluding hydrogens is 297 g/mol. The highest BCUT2D eigenvalue weighted by atomic mass is 19.1. The molecular formula is C17H20FN3O2. The number of halogens is 1. The molecule has 1 aliphatic carbocycles. The molecule has 1 unspecified atom stereocenters. The number of likely N-dealkylation sites (tertiary alicyclic amines) is 1. The molecule has 1 atom stereocenters. The molecule has 1 aliphatic heterocycles. The minimum atomic E-state index is -1.33. The number of aromatic amines is 1. The summed E-state index contributed by atoms with van der Waals surface area (Å²) in [5.74, 6) is -0.423. The van der Waals surface area contributed by atoms with Crippen LogP contribution in [0.2, 0.25) is 0 Å². The summed E-state index contributed by atoms with van der Waals surface area (Å²) in [7, 11) is 0. The molecule has 0 spiro atoms. The van der Waals surface area contributed by atoms with E-state index < -0.39 is 6.17 Å². The Hall–Kier alpha value is -2.11. The molecule has 0 radical (unpaired) electrons. The Morgan fingerprint density at radius 3 is 2.57 bits per heavy atom. The van der Waals surface area contributed by atoms with Crippen LogP contribution in [0, 0.1) is 5.92 Å². The number of amides is 1. The lowest BCUT2D eigenvalue weighted by atomic mass is 10.0. The van der Waals surface area contributed by atoms with Gasteiger partial charge in [-0.25, -0.2) is 9.18 Å². The Morgan fingerprint density at radius 2 is 1.87 bits per heavy atom. The third-order valence-electron chi connectivity index (χ3n) is 5.04. The number of piperidine rings is 1. The van der Waals surface area contributed by atoms with Crippen LogP contribution in [0.3, 0.4) is 0 Å². The van der Waals surface area contributed by atoms with E-state index in [4.69, 9.17) is 0 Å². The van der Waals surface area contributed by atoms with E-state index in [-0.39, 0.29) is 23.6 Å². The fourth-order valence-electron chi connectivity index (χ4n) is 3.55. The molecule has 0 bridgehead atoms. The number of alkyl halides is 1. The van der Waals surface area contributed by atoms with Gasteiger partial charge in [0.1, 0.15) is 0 Å². The van der Waals surface area contributed by atoms with Crippen molar-refractivity contribution in [3.8, 4) is 0 Å². The van der Waals surface area contributed by atoms with Crippen LogP contribution < -0.4 is 5.69 Å². The molecule has 2 aromatic rings. The SMILES string of the molecule is O=C(C(F)C1CC1)N1CCC(n2c(=O)[nH]c3ccccc32)CC1. The topological polar surface area (TPSA) is 58.1 Å². The highest BCUT2D eigenvalue weighted by molar-refractivity contribution is 5.81. The summed E-state index contributed by atoms with van der Waals surface area (Å²) in [6.07, 6.45) is 1.69. The zero-order chi connectivity index (χ0) is 16.0. The van der Waals surface area contributed by atoms with Crippen molar-refractivity contribution in [3.05, 3.63) is 34.7 Å². The normalized spacial score (nSPS) is 20.8. The van der Waals surface area contributed by atoms with Crippen molar-refractivity contribution in [3.63, 3.8) is 0 Å². The predicted octanol–water partition coefficient (Wildman–Crippen LogP) is 2.24. The van der Waals surface area contributed by atoms with Gasteiger partial charge in [-0.15, -0.1) is 0 Å². The summed E-state index contributed by atoms with van der Waals surface area (Å²) in [5, 5.41) is 0. The van der Waals surface area contributed by atoms with Crippen LogP contribution in [0.4, 0.5) is 4.39 Å². The van der Waals surface area contributed by atoms with Gasteiger partial charge in [0, 0.05) is 19.1 Å². The second-order valence-electron chi connectivity index (χ2n) is 6.61. The number of H-pyrrole nitrogens is 1. The van der Waals surface area contributed by atoms with Crippen LogP contribution in [-0.2, 0) is 4.79 Å². The van der Waals surface area contributed by atoms with Crippen LogP contribution >= 0.6 is 0 Å². The van der Waals surface area contributed by atoms with Gasteiger partial charge in [-0.3, -0.25) is 9.36 Å². The van der Waals surface area contributed by atoms with Crippen molar-refractivity contribution in [2.24, 2.45) is 5.92 Å². The van der Waals surface area contributed by atoms with E-state index >= 15 is 0 Å². The zero-order valence-electron chi connectivity index (χ0n) is 12.9. The van der Waals surface area contributed by atoms with E-state index in [1.807, 2.05) is 24.3 Å². The first kappa shape index (κ1) is 14.5. The molecule has 2 aliphatic rings. The average molecular weight is 317 g/mol. The van der Waals surface area contributed by atoms with Gasteiger partial charge in [0.25, 0.3) is 5.91 Å². The number of carbonyl (C=O) groups is 1. The zero-order valence-corrected chi connectivity index (χ0v) is 12.9. The Balaban J connectivity index is 1.49. The van der Waals surface area contributed by atoms with Crippen molar-refractivity contribution in [1.82, 2.24) is 14.5 Å². The molecule has 122 valence electrons. The molecule has 23 heavy (non-hydrogen) atoms. The number of para-hydroxylation sites is 2. The number of carbonyl (C=O) groups excluding carboxylic acids is 1. The molecule has 1 amide bonds. The summed E-state index contributed by atoms with van der Waals surface area (Å²) in [5.41, 5.74) is 1.61. The number of aromatic nitrogens is 2. The quantitative estimate of drug-likeness (QED) is 0.944. The van der Waals surface area contributed by atoms with Crippen LogP contribution in [0.25, 0.3) is 11.0 Å². The number of imidazole rings is 1. The summed E-state index contributed by atoms with van der Waals surface area (Å²) in [4.78, 5) is 28.8. The Kier molecular flexibility index (Phi) is 3.47. The molecule has 1 N–H and O–H groups in total. The van der Waals surface area contributed by atoms with E-state index in [0.717, 1.165) is 23.9 Å². The van der Waals surface area contributed by atoms with Crippen molar-refractivity contribution in [1.29, 1.82) is 0 Å². The van der Waals surface area contributed by atoms with E-state index in [2.05, 4.69) is 4.98 Å².